The molecule has 0 aliphatic carbocycles. The average Bonchev–Trinajstić information content (AvgIpc) is 2.00. The summed E-state index contributed by atoms with van der Waals surface area (Å²) in [6.07, 6.45) is 0.908. The van der Waals surface area contributed by atoms with Crippen molar-refractivity contribution in [2.45, 2.75) is 47.1 Å². The van der Waals surface area contributed by atoms with Gasteiger partial charge in [0.25, 0.3) is 0 Å². The quantitative estimate of drug-likeness (QED) is 0.685. The first-order valence-corrected chi connectivity index (χ1v) is 4.67. The van der Waals surface area contributed by atoms with Crippen molar-refractivity contribution in [2.75, 3.05) is 6.54 Å². The van der Waals surface area contributed by atoms with Crippen LogP contribution in [0, 0.1) is 5.41 Å². The van der Waals surface area contributed by atoms with Gasteiger partial charge in [-0.3, -0.25) is 4.79 Å². The summed E-state index contributed by atoms with van der Waals surface area (Å²) in [7, 11) is 0. The second-order valence-corrected chi connectivity index (χ2v) is 4.20. The third-order valence-electron chi connectivity index (χ3n) is 2.31. The van der Waals surface area contributed by atoms with Crippen LogP contribution in [0.15, 0.2) is 0 Å². The topological polar surface area (TPSA) is 29.1 Å². The number of nitrogens with one attached hydrogen (secondary N) is 1. The molecular weight excluding hydrogens is 150 g/mol. The van der Waals surface area contributed by atoms with Gasteiger partial charge in [-0.2, -0.15) is 0 Å². The smallest absolute Gasteiger partial charge is 0.152 e. The van der Waals surface area contributed by atoms with Crippen molar-refractivity contribution >= 4 is 5.78 Å². The van der Waals surface area contributed by atoms with Gasteiger partial charge in [0.2, 0.25) is 0 Å². The Labute approximate surface area is 75.7 Å². The molecule has 0 aromatic heterocycles. The van der Waals surface area contributed by atoms with Crippen LogP contribution in [-0.2, 0) is 4.79 Å². The zero-order valence-electron chi connectivity index (χ0n) is 8.90. The molecule has 0 aromatic carbocycles. The van der Waals surface area contributed by atoms with E-state index in [0.717, 1.165) is 6.42 Å². The van der Waals surface area contributed by atoms with E-state index in [0.29, 0.717) is 18.4 Å². The first-order chi connectivity index (χ1) is 5.40. The molecule has 0 spiro atoms. The second-order valence-electron chi connectivity index (χ2n) is 4.20. The van der Waals surface area contributed by atoms with E-state index >= 15 is 0 Å². The van der Waals surface area contributed by atoms with Crippen LogP contribution < -0.4 is 5.32 Å². The third-order valence-corrected chi connectivity index (χ3v) is 2.31. The summed E-state index contributed by atoms with van der Waals surface area (Å²) in [6.45, 7) is 10.6. The molecular formula is C10H21NO. The van der Waals surface area contributed by atoms with Crippen LogP contribution in [0.25, 0.3) is 0 Å². The largest absolute Gasteiger partial charge is 0.308 e. The second kappa shape index (κ2) is 4.61. The highest BCUT2D eigenvalue weighted by atomic mass is 16.1. The van der Waals surface area contributed by atoms with Crippen LogP contribution in [0.2, 0.25) is 0 Å². The van der Waals surface area contributed by atoms with Crippen molar-refractivity contribution in [1.82, 2.24) is 5.32 Å². The lowest BCUT2D eigenvalue weighted by Gasteiger charge is -2.21. The maximum Gasteiger partial charge on any atom is 0.152 e. The van der Waals surface area contributed by atoms with Gasteiger partial charge in [0.15, 0.2) is 5.78 Å². The van der Waals surface area contributed by atoms with E-state index in [4.69, 9.17) is 0 Å². The van der Waals surface area contributed by atoms with Gasteiger partial charge in [0, 0.05) is 11.5 Å². The predicted molar refractivity (Wildman–Crippen MR) is 52.2 cm³/mol. The summed E-state index contributed by atoms with van der Waals surface area (Å²) in [6, 6.07) is 0.390. The standard InChI is InChI=1S/C10H21NO/c1-6-10(4,5)9(12)7-11-8(2)3/h8,11H,6-7H2,1-5H3. The van der Waals surface area contributed by atoms with Crippen LogP contribution in [0.5, 0.6) is 0 Å². The molecule has 0 aromatic rings. The van der Waals surface area contributed by atoms with Gasteiger partial charge in [-0.25, -0.2) is 0 Å². The van der Waals surface area contributed by atoms with Crippen LogP contribution in [0.4, 0.5) is 0 Å². The highest BCUT2D eigenvalue weighted by Crippen LogP contribution is 2.20. The minimum atomic E-state index is -0.165. The minimum Gasteiger partial charge on any atom is -0.308 e. The summed E-state index contributed by atoms with van der Waals surface area (Å²) in [4.78, 5) is 11.5. The number of hydrogen-bond acceptors (Lipinski definition) is 2. The van der Waals surface area contributed by atoms with E-state index in [-0.39, 0.29) is 5.41 Å². The van der Waals surface area contributed by atoms with Crippen molar-refractivity contribution in [3.8, 4) is 0 Å². The zero-order valence-corrected chi connectivity index (χ0v) is 8.90. The molecule has 0 fully saturated rings. The fourth-order valence-corrected chi connectivity index (χ4v) is 0.733. The maximum atomic E-state index is 11.5. The fourth-order valence-electron chi connectivity index (χ4n) is 0.733. The molecule has 0 unspecified atom stereocenters. The number of rotatable bonds is 5. The Morgan fingerprint density at radius 3 is 2.25 bits per heavy atom. The molecule has 0 saturated heterocycles. The van der Waals surface area contributed by atoms with Crippen LogP contribution in [-0.4, -0.2) is 18.4 Å². The lowest BCUT2D eigenvalue weighted by atomic mass is 9.85. The Morgan fingerprint density at radius 2 is 1.92 bits per heavy atom. The van der Waals surface area contributed by atoms with Gasteiger partial charge in [0.05, 0.1) is 6.54 Å². The monoisotopic (exact) mass is 171 g/mol. The summed E-state index contributed by atoms with van der Waals surface area (Å²) >= 11 is 0. The van der Waals surface area contributed by atoms with E-state index in [1.807, 2.05) is 34.6 Å². The molecule has 1 N–H and O–H groups in total. The van der Waals surface area contributed by atoms with Crippen molar-refractivity contribution in [2.24, 2.45) is 5.41 Å². The highest BCUT2D eigenvalue weighted by Gasteiger charge is 2.24. The van der Waals surface area contributed by atoms with Crippen molar-refractivity contribution < 1.29 is 4.79 Å². The van der Waals surface area contributed by atoms with Gasteiger partial charge < -0.3 is 5.32 Å². The summed E-state index contributed by atoms with van der Waals surface area (Å²) in [5, 5.41) is 3.14. The molecule has 0 radical (unpaired) electrons. The molecule has 0 heterocycles. The molecule has 0 aliphatic heterocycles. The molecule has 2 heteroatoms. The third kappa shape index (κ3) is 3.86. The number of Topliss-reactive ketones (excluding diaryl/α,β-unsaturated/α-hetero) is 1. The van der Waals surface area contributed by atoms with Crippen molar-refractivity contribution in [3.05, 3.63) is 0 Å². The maximum absolute atomic E-state index is 11.5. The van der Waals surface area contributed by atoms with Gasteiger partial charge >= 0.3 is 0 Å². The lowest BCUT2D eigenvalue weighted by Crippen LogP contribution is -2.36. The molecule has 2 nitrogen and oxygen atoms in total. The Morgan fingerprint density at radius 1 is 1.42 bits per heavy atom. The first kappa shape index (κ1) is 11.6. The normalized spacial score (nSPS) is 12.2. The average molecular weight is 171 g/mol. The fraction of sp³-hybridized carbons (Fsp3) is 0.900. The van der Waals surface area contributed by atoms with Crippen molar-refractivity contribution in [1.29, 1.82) is 0 Å². The van der Waals surface area contributed by atoms with Gasteiger partial charge in [-0.1, -0.05) is 34.6 Å². The zero-order chi connectivity index (χ0) is 9.78. The molecule has 0 amide bonds. The van der Waals surface area contributed by atoms with E-state index < -0.39 is 0 Å². The van der Waals surface area contributed by atoms with E-state index in [1.54, 1.807) is 0 Å². The molecule has 0 saturated carbocycles. The summed E-state index contributed by atoms with van der Waals surface area (Å²) < 4.78 is 0. The highest BCUT2D eigenvalue weighted by molar-refractivity contribution is 5.85. The van der Waals surface area contributed by atoms with Crippen molar-refractivity contribution in [3.63, 3.8) is 0 Å². The van der Waals surface area contributed by atoms with Crippen LogP contribution >= 0.6 is 0 Å². The number of hydrogen-bond donors (Lipinski definition) is 1. The van der Waals surface area contributed by atoms with E-state index in [1.165, 1.54) is 0 Å². The Balaban J connectivity index is 3.88. The number of carbonyl (C=O) groups excluding carboxylic acids is 1. The number of carbonyl (C=O) groups is 1. The number of ketones is 1. The molecule has 0 bridgehead atoms. The molecule has 12 heavy (non-hydrogen) atoms. The molecule has 72 valence electrons. The SMILES string of the molecule is CCC(C)(C)C(=O)CNC(C)C. The molecule has 0 rings (SSSR count). The van der Waals surface area contributed by atoms with E-state index in [2.05, 4.69) is 5.32 Å². The Bertz CT molecular complexity index is 150. The van der Waals surface area contributed by atoms with Crippen LogP contribution in [0.1, 0.15) is 41.0 Å². The Hall–Kier alpha value is -0.370. The van der Waals surface area contributed by atoms with E-state index in [9.17, 15) is 4.79 Å². The molecule has 0 atom stereocenters. The minimum absolute atomic E-state index is 0.165. The molecule has 0 aliphatic rings. The lowest BCUT2D eigenvalue weighted by molar-refractivity contribution is -0.126. The summed E-state index contributed by atoms with van der Waals surface area (Å²) in [5.74, 6) is 0.304. The first-order valence-electron chi connectivity index (χ1n) is 4.67. The van der Waals surface area contributed by atoms with Gasteiger partial charge in [0.1, 0.15) is 0 Å². The predicted octanol–water partition coefficient (Wildman–Crippen LogP) is 1.99. The van der Waals surface area contributed by atoms with Gasteiger partial charge in [-0.15, -0.1) is 0 Å². The van der Waals surface area contributed by atoms with Gasteiger partial charge in [-0.05, 0) is 6.42 Å². The van der Waals surface area contributed by atoms with Crippen LogP contribution in [0.3, 0.4) is 0 Å². The Kier molecular flexibility index (Phi) is 4.46. The summed E-state index contributed by atoms with van der Waals surface area (Å²) in [5.41, 5.74) is -0.165.